The number of aromatic nitrogens is 1. The topological polar surface area (TPSA) is 62.7 Å². The minimum absolute atomic E-state index is 0.639. The minimum atomic E-state index is -0.880. The Kier molecular flexibility index (Phi) is 3.55. The fourth-order valence-corrected chi connectivity index (χ4v) is 1.90. The van der Waals surface area contributed by atoms with E-state index < -0.39 is 12.0 Å². The summed E-state index contributed by atoms with van der Waals surface area (Å²) in [4.78, 5) is 17.0. The van der Waals surface area contributed by atoms with Crippen LogP contribution in [0.1, 0.15) is 6.92 Å². The van der Waals surface area contributed by atoms with Gasteiger partial charge in [-0.2, -0.15) is 0 Å². The molecule has 2 aromatic rings. The molecular weight excluding hydrogens is 244 g/mol. The Labute approximate surface area is 111 Å². The van der Waals surface area contributed by atoms with Gasteiger partial charge in [0.2, 0.25) is 0 Å². The highest BCUT2D eigenvalue weighted by Crippen LogP contribution is 2.27. The van der Waals surface area contributed by atoms with Crippen LogP contribution in [0, 0.1) is 0 Å². The number of nitrogens with zero attached hydrogens (tertiary/aromatic N) is 2. The molecule has 0 bridgehead atoms. The predicted octanol–water partition coefficient (Wildman–Crippen LogP) is 2.15. The molecule has 2 rings (SSSR count). The molecule has 1 heterocycles. The van der Waals surface area contributed by atoms with Crippen LogP contribution in [0.5, 0.6) is 5.75 Å². The van der Waals surface area contributed by atoms with Gasteiger partial charge in [-0.05, 0) is 36.6 Å². The Morgan fingerprint density at radius 2 is 2.16 bits per heavy atom. The second-order valence-corrected chi connectivity index (χ2v) is 4.35. The van der Waals surface area contributed by atoms with Gasteiger partial charge in [-0.1, -0.05) is 0 Å². The van der Waals surface area contributed by atoms with E-state index in [9.17, 15) is 4.79 Å². The lowest BCUT2D eigenvalue weighted by molar-refractivity contribution is -0.138. The summed E-state index contributed by atoms with van der Waals surface area (Å²) in [6.45, 7) is 1.63. The van der Waals surface area contributed by atoms with Crippen molar-refractivity contribution in [1.29, 1.82) is 0 Å². The lowest BCUT2D eigenvalue weighted by Gasteiger charge is -2.23. The van der Waals surface area contributed by atoms with Crippen LogP contribution in [0.3, 0.4) is 0 Å². The van der Waals surface area contributed by atoms with Crippen molar-refractivity contribution in [3.63, 3.8) is 0 Å². The molecule has 0 radical (unpaired) electrons. The molecule has 1 N–H and O–H groups in total. The number of carboxylic acids is 1. The molecule has 1 atom stereocenters. The maximum Gasteiger partial charge on any atom is 0.326 e. The second-order valence-electron chi connectivity index (χ2n) is 4.35. The van der Waals surface area contributed by atoms with Gasteiger partial charge in [-0.15, -0.1) is 0 Å². The number of fused-ring (bicyclic) bond motifs is 1. The number of aliphatic carboxylic acids is 1. The summed E-state index contributed by atoms with van der Waals surface area (Å²) in [5, 5.41) is 10.9. The molecule has 0 aliphatic rings. The van der Waals surface area contributed by atoms with E-state index in [0.717, 1.165) is 16.5 Å². The van der Waals surface area contributed by atoms with Crippen LogP contribution in [-0.4, -0.2) is 36.3 Å². The third-order valence-electron chi connectivity index (χ3n) is 3.22. The smallest absolute Gasteiger partial charge is 0.326 e. The molecule has 1 aromatic carbocycles. The third-order valence-corrected chi connectivity index (χ3v) is 3.22. The zero-order valence-corrected chi connectivity index (χ0v) is 11.1. The zero-order chi connectivity index (χ0) is 14.0. The van der Waals surface area contributed by atoms with Gasteiger partial charge < -0.3 is 14.7 Å². The van der Waals surface area contributed by atoms with Gasteiger partial charge in [0, 0.05) is 18.6 Å². The number of benzene rings is 1. The number of likely N-dealkylation sites (N-methyl/N-ethyl adjacent to an activating group) is 1. The van der Waals surface area contributed by atoms with Gasteiger partial charge in [-0.3, -0.25) is 0 Å². The number of methoxy groups -OCH3 is 1. The van der Waals surface area contributed by atoms with Gasteiger partial charge in [0.25, 0.3) is 0 Å². The highest BCUT2D eigenvalue weighted by atomic mass is 16.5. The normalized spacial score (nSPS) is 12.2. The van der Waals surface area contributed by atoms with Crippen molar-refractivity contribution in [3.05, 3.63) is 30.5 Å². The molecule has 0 fully saturated rings. The highest BCUT2D eigenvalue weighted by molar-refractivity contribution is 5.94. The summed E-state index contributed by atoms with van der Waals surface area (Å²) < 4.78 is 5.18. The fourth-order valence-electron chi connectivity index (χ4n) is 1.90. The van der Waals surface area contributed by atoms with Crippen LogP contribution in [0.15, 0.2) is 30.5 Å². The largest absolute Gasteiger partial charge is 0.497 e. The Morgan fingerprint density at radius 3 is 2.79 bits per heavy atom. The molecule has 1 unspecified atom stereocenters. The van der Waals surface area contributed by atoms with E-state index in [2.05, 4.69) is 4.98 Å². The SMILES string of the molecule is COc1ccc2c(N(C)C(C)C(=O)O)nccc2c1. The summed E-state index contributed by atoms with van der Waals surface area (Å²) in [6, 6.07) is 6.87. The predicted molar refractivity (Wildman–Crippen MR) is 73.8 cm³/mol. The first-order valence-corrected chi connectivity index (χ1v) is 5.93. The minimum Gasteiger partial charge on any atom is -0.497 e. The number of pyridine rings is 1. The van der Waals surface area contributed by atoms with E-state index in [0.29, 0.717) is 5.82 Å². The number of anilines is 1. The fraction of sp³-hybridized carbons (Fsp3) is 0.286. The van der Waals surface area contributed by atoms with Crippen LogP contribution in [-0.2, 0) is 4.79 Å². The molecule has 0 saturated heterocycles. The standard InChI is InChI=1S/C14H16N2O3/c1-9(14(17)18)16(2)13-12-5-4-11(19-3)8-10(12)6-7-15-13/h4-9H,1-3H3,(H,17,18). The quantitative estimate of drug-likeness (QED) is 0.912. The lowest BCUT2D eigenvalue weighted by Crippen LogP contribution is -2.36. The van der Waals surface area contributed by atoms with E-state index in [1.807, 2.05) is 24.3 Å². The van der Waals surface area contributed by atoms with Crippen molar-refractivity contribution in [1.82, 2.24) is 4.98 Å². The van der Waals surface area contributed by atoms with Crippen LogP contribution in [0.2, 0.25) is 0 Å². The first-order chi connectivity index (χ1) is 9.04. The number of hydrogen-bond acceptors (Lipinski definition) is 4. The van der Waals surface area contributed by atoms with Crippen molar-refractivity contribution < 1.29 is 14.6 Å². The van der Waals surface area contributed by atoms with Crippen LogP contribution < -0.4 is 9.64 Å². The molecule has 19 heavy (non-hydrogen) atoms. The first kappa shape index (κ1) is 13.1. The zero-order valence-electron chi connectivity index (χ0n) is 11.1. The molecular formula is C14H16N2O3. The van der Waals surface area contributed by atoms with Gasteiger partial charge >= 0.3 is 5.97 Å². The van der Waals surface area contributed by atoms with E-state index in [4.69, 9.17) is 9.84 Å². The molecule has 5 heteroatoms. The van der Waals surface area contributed by atoms with E-state index in [1.54, 1.807) is 32.2 Å². The monoisotopic (exact) mass is 260 g/mol. The number of hydrogen-bond donors (Lipinski definition) is 1. The summed E-state index contributed by atoms with van der Waals surface area (Å²) in [5.74, 6) is 0.531. The lowest BCUT2D eigenvalue weighted by atomic mass is 10.1. The van der Waals surface area contributed by atoms with Gasteiger partial charge in [0.05, 0.1) is 7.11 Å². The molecule has 0 aliphatic heterocycles. The molecule has 0 spiro atoms. The molecule has 100 valence electrons. The number of ether oxygens (including phenoxy) is 1. The first-order valence-electron chi connectivity index (χ1n) is 5.93. The van der Waals surface area contributed by atoms with E-state index in [-0.39, 0.29) is 0 Å². The summed E-state index contributed by atoms with van der Waals surface area (Å²) in [5.41, 5.74) is 0. The number of carbonyl (C=O) groups is 1. The van der Waals surface area contributed by atoms with Gasteiger partial charge in [-0.25, -0.2) is 9.78 Å². The Balaban J connectivity index is 2.52. The number of rotatable bonds is 4. The van der Waals surface area contributed by atoms with E-state index in [1.165, 1.54) is 0 Å². The van der Waals surface area contributed by atoms with Crippen molar-refractivity contribution in [2.45, 2.75) is 13.0 Å². The Morgan fingerprint density at radius 1 is 1.42 bits per heavy atom. The van der Waals surface area contributed by atoms with Gasteiger partial charge in [0.1, 0.15) is 17.6 Å². The van der Waals surface area contributed by atoms with E-state index >= 15 is 0 Å². The molecule has 0 saturated carbocycles. The Bertz CT molecular complexity index is 613. The van der Waals surface area contributed by atoms with Gasteiger partial charge in [0.15, 0.2) is 0 Å². The maximum atomic E-state index is 11.1. The summed E-state index contributed by atoms with van der Waals surface area (Å²) >= 11 is 0. The maximum absolute atomic E-state index is 11.1. The second kappa shape index (κ2) is 5.14. The average Bonchev–Trinajstić information content (AvgIpc) is 2.44. The molecule has 5 nitrogen and oxygen atoms in total. The Hall–Kier alpha value is -2.30. The molecule has 1 aromatic heterocycles. The van der Waals surface area contributed by atoms with Crippen molar-refractivity contribution in [3.8, 4) is 5.75 Å². The van der Waals surface area contributed by atoms with Crippen molar-refractivity contribution in [2.24, 2.45) is 0 Å². The van der Waals surface area contributed by atoms with Crippen LogP contribution >= 0.6 is 0 Å². The number of carboxylic acid groups (broad SMARTS) is 1. The average molecular weight is 260 g/mol. The summed E-state index contributed by atoms with van der Waals surface area (Å²) in [6.07, 6.45) is 1.67. The molecule has 0 aliphatic carbocycles. The molecule has 0 amide bonds. The van der Waals surface area contributed by atoms with Crippen LogP contribution in [0.25, 0.3) is 10.8 Å². The highest BCUT2D eigenvalue weighted by Gasteiger charge is 2.19. The van der Waals surface area contributed by atoms with Crippen molar-refractivity contribution in [2.75, 3.05) is 19.1 Å². The summed E-state index contributed by atoms with van der Waals surface area (Å²) in [7, 11) is 3.34. The van der Waals surface area contributed by atoms with Crippen LogP contribution in [0.4, 0.5) is 5.82 Å². The van der Waals surface area contributed by atoms with Crippen molar-refractivity contribution >= 4 is 22.6 Å². The third kappa shape index (κ3) is 2.45.